The molecular weight excluding hydrogens is 258 g/mol. The predicted octanol–water partition coefficient (Wildman–Crippen LogP) is 1.70. The van der Waals surface area contributed by atoms with E-state index in [0.717, 1.165) is 11.3 Å². The Morgan fingerprint density at radius 3 is 3.00 bits per heavy atom. The minimum Gasteiger partial charge on any atom is -0.492 e. The standard InChI is InChI=1S/C15H19NO4/c1-11-3-2-4-13(9-11)20-8-7-16-10-12(15(18)19)5-6-14(16)17/h2-4,9,12H,5-8,10H2,1H3,(H,18,19). The molecular formula is C15H19NO4. The molecule has 1 heterocycles. The van der Waals surface area contributed by atoms with Crippen molar-refractivity contribution in [3.05, 3.63) is 29.8 Å². The van der Waals surface area contributed by atoms with E-state index in [1.54, 1.807) is 4.90 Å². The van der Waals surface area contributed by atoms with E-state index in [0.29, 0.717) is 26.0 Å². The number of carbonyl (C=O) groups excluding carboxylic acids is 1. The van der Waals surface area contributed by atoms with Crippen LogP contribution in [-0.4, -0.2) is 41.6 Å². The van der Waals surface area contributed by atoms with E-state index in [9.17, 15) is 9.59 Å². The minimum absolute atomic E-state index is 0.00958. The van der Waals surface area contributed by atoms with Crippen LogP contribution in [0.4, 0.5) is 0 Å². The van der Waals surface area contributed by atoms with Crippen molar-refractivity contribution in [3.8, 4) is 5.75 Å². The second-order valence-electron chi connectivity index (χ2n) is 5.08. The van der Waals surface area contributed by atoms with Gasteiger partial charge in [0.2, 0.25) is 5.91 Å². The quantitative estimate of drug-likeness (QED) is 0.889. The van der Waals surface area contributed by atoms with Gasteiger partial charge in [0.05, 0.1) is 12.5 Å². The number of aryl methyl sites for hydroxylation is 1. The fraction of sp³-hybridized carbons (Fsp3) is 0.467. The Bertz CT molecular complexity index is 500. The number of piperidine rings is 1. The Balaban J connectivity index is 1.83. The van der Waals surface area contributed by atoms with Crippen molar-refractivity contribution in [1.82, 2.24) is 4.90 Å². The van der Waals surface area contributed by atoms with Crippen LogP contribution in [0.15, 0.2) is 24.3 Å². The van der Waals surface area contributed by atoms with Crippen LogP contribution in [0, 0.1) is 12.8 Å². The van der Waals surface area contributed by atoms with Crippen LogP contribution >= 0.6 is 0 Å². The summed E-state index contributed by atoms with van der Waals surface area (Å²) in [5.41, 5.74) is 1.11. The van der Waals surface area contributed by atoms with E-state index in [4.69, 9.17) is 9.84 Å². The van der Waals surface area contributed by atoms with Crippen LogP contribution in [0.25, 0.3) is 0 Å². The first-order chi connectivity index (χ1) is 9.56. The smallest absolute Gasteiger partial charge is 0.308 e. The van der Waals surface area contributed by atoms with Gasteiger partial charge in [-0.2, -0.15) is 0 Å². The molecule has 2 rings (SSSR count). The van der Waals surface area contributed by atoms with Crippen molar-refractivity contribution >= 4 is 11.9 Å². The molecule has 0 saturated carbocycles. The molecule has 1 amide bonds. The number of aliphatic carboxylic acids is 1. The van der Waals surface area contributed by atoms with Gasteiger partial charge in [-0.15, -0.1) is 0 Å². The molecule has 108 valence electrons. The van der Waals surface area contributed by atoms with Gasteiger partial charge in [-0.3, -0.25) is 9.59 Å². The highest BCUT2D eigenvalue weighted by Gasteiger charge is 2.29. The largest absolute Gasteiger partial charge is 0.492 e. The number of amides is 1. The van der Waals surface area contributed by atoms with Gasteiger partial charge in [-0.05, 0) is 31.0 Å². The Kier molecular flexibility index (Phi) is 4.61. The van der Waals surface area contributed by atoms with Gasteiger partial charge in [0.15, 0.2) is 0 Å². The molecule has 1 aromatic rings. The van der Waals surface area contributed by atoms with Gasteiger partial charge in [-0.1, -0.05) is 12.1 Å². The summed E-state index contributed by atoms with van der Waals surface area (Å²) in [6.07, 6.45) is 0.741. The summed E-state index contributed by atoms with van der Waals surface area (Å²) in [7, 11) is 0. The highest BCUT2D eigenvalue weighted by Crippen LogP contribution is 2.18. The zero-order chi connectivity index (χ0) is 14.5. The monoisotopic (exact) mass is 277 g/mol. The first-order valence-electron chi connectivity index (χ1n) is 6.76. The number of rotatable bonds is 5. The number of carboxylic acid groups (broad SMARTS) is 1. The topological polar surface area (TPSA) is 66.8 Å². The normalized spacial score (nSPS) is 18.9. The third kappa shape index (κ3) is 3.73. The molecule has 1 saturated heterocycles. The average molecular weight is 277 g/mol. The number of carbonyl (C=O) groups is 2. The van der Waals surface area contributed by atoms with E-state index in [2.05, 4.69) is 0 Å². The van der Waals surface area contributed by atoms with Crippen LogP contribution in [0.5, 0.6) is 5.75 Å². The second-order valence-corrected chi connectivity index (χ2v) is 5.08. The molecule has 1 fully saturated rings. The molecule has 0 aromatic heterocycles. The highest BCUT2D eigenvalue weighted by atomic mass is 16.5. The van der Waals surface area contributed by atoms with Gasteiger partial charge in [0.1, 0.15) is 12.4 Å². The molecule has 20 heavy (non-hydrogen) atoms. The number of ether oxygens (including phenoxy) is 1. The van der Waals surface area contributed by atoms with Gasteiger partial charge < -0.3 is 14.7 Å². The number of nitrogens with zero attached hydrogens (tertiary/aromatic N) is 1. The van der Waals surface area contributed by atoms with Crippen molar-refractivity contribution in [2.75, 3.05) is 19.7 Å². The molecule has 1 atom stereocenters. The van der Waals surface area contributed by atoms with Crippen LogP contribution < -0.4 is 4.74 Å². The third-order valence-electron chi connectivity index (χ3n) is 3.47. The summed E-state index contributed by atoms with van der Waals surface area (Å²) in [5.74, 6) is -0.506. The molecule has 1 N–H and O–H groups in total. The molecule has 1 aliphatic heterocycles. The van der Waals surface area contributed by atoms with E-state index in [-0.39, 0.29) is 12.5 Å². The molecule has 1 unspecified atom stereocenters. The summed E-state index contributed by atoms with van der Waals surface area (Å²) < 4.78 is 5.59. The van der Waals surface area contributed by atoms with Crippen molar-refractivity contribution in [2.24, 2.45) is 5.92 Å². The molecule has 5 nitrogen and oxygen atoms in total. The SMILES string of the molecule is Cc1cccc(OCCN2CC(C(=O)O)CCC2=O)c1. The average Bonchev–Trinajstić information content (AvgIpc) is 2.40. The summed E-state index contributed by atoms with van der Waals surface area (Å²) in [5, 5.41) is 9.01. The second kappa shape index (κ2) is 6.41. The summed E-state index contributed by atoms with van der Waals surface area (Å²) in [6, 6.07) is 7.69. The van der Waals surface area contributed by atoms with Crippen molar-refractivity contribution in [1.29, 1.82) is 0 Å². The predicted molar refractivity (Wildman–Crippen MR) is 73.6 cm³/mol. The van der Waals surface area contributed by atoms with Crippen LogP contribution in [-0.2, 0) is 9.59 Å². The third-order valence-corrected chi connectivity index (χ3v) is 3.47. The Morgan fingerprint density at radius 2 is 2.30 bits per heavy atom. The lowest BCUT2D eigenvalue weighted by atomic mass is 9.98. The molecule has 0 radical (unpaired) electrons. The lowest BCUT2D eigenvalue weighted by molar-refractivity contribution is -0.147. The Morgan fingerprint density at radius 1 is 1.50 bits per heavy atom. The molecule has 0 bridgehead atoms. The summed E-state index contributed by atoms with van der Waals surface area (Å²) >= 11 is 0. The number of likely N-dealkylation sites (tertiary alicyclic amines) is 1. The molecule has 0 aliphatic carbocycles. The van der Waals surface area contributed by atoms with Crippen LogP contribution in [0.2, 0.25) is 0 Å². The first-order valence-corrected chi connectivity index (χ1v) is 6.76. The summed E-state index contributed by atoms with van der Waals surface area (Å²) in [4.78, 5) is 24.3. The maximum Gasteiger partial charge on any atom is 0.308 e. The number of hydrogen-bond donors (Lipinski definition) is 1. The Hall–Kier alpha value is -2.04. The van der Waals surface area contributed by atoms with Crippen LogP contribution in [0.3, 0.4) is 0 Å². The molecule has 5 heteroatoms. The molecule has 1 aromatic carbocycles. The number of benzene rings is 1. The molecule has 0 spiro atoms. The van der Waals surface area contributed by atoms with Gasteiger partial charge in [-0.25, -0.2) is 0 Å². The lowest BCUT2D eigenvalue weighted by Gasteiger charge is -2.30. The number of hydrogen-bond acceptors (Lipinski definition) is 3. The van der Waals surface area contributed by atoms with E-state index in [1.807, 2.05) is 31.2 Å². The van der Waals surface area contributed by atoms with E-state index >= 15 is 0 Å². The van der Waals surface area contributed by atoms with Crippen LogP contribution in [0.1, 0.15) is 18.4 Å². The van der Waals surface area contributed by atoms with Crippen molar-refractivity contribution < 1.29 is 19.4 Å². The highest BCUT2D eigenvalue weighted by molar-refractivity contribution is 5.80. The maximum atomic E-state index is 11.7. The van der Waals surface area contributed by atoms with Gasteiger partial charge in [0, 0.05) is 13.0 Å². The van der Waals surface area contributed by atoms with Gasteiger partial charge >= 0.3 is 5.97 Å². The summed E-state index contributed by atoms with van der Waals surface area (Å²) in [6.45, 7) is 3.07. The zero-order valence-electron chi connectivity index (χ0n) is 11.5. The lowest BCUT2D eigenvalue weighted by Crippen LogP contribution is -2.44. The van der Waals surface area contributed by atoms with Crippen molar-refractivity contribution in [2.45, 2.75) is 19.8 Å². The fourth-order valence-electron chi connectivity index (χ4n) is 2.31. The zero-order valence-corrected chi connectivity index (χ0v) is 11.5. The minimum atomic E-state index is -0.831. The van der Waals surface area contributed by atoms with E-state index < -0.39 is 11.9 Å². The van der Waals surface area contributed by atoms with Crippen molar-refractivity contribution in [3.63, 3.8) is 0 Å². The first kappa shape index (κ1) is 14.4. The fourth-order valence-corrected chi connectivity index (χ4v) is 2.31. The maximum absolute atomic E-state index is 11.7. The van der Waals surface area contributed by atoms with Gasteiger partial charge in [0.25, 0.3) is 0 Å². The van der Waals surface area contributed by atoms with E-state index in [1.165, 1.54) is 0 Å². The molecule has 1 aliphatic rings. The Labute approximate surface area is 118 Å². The number of carboxylic acids is 1.